The molecular weight excluding hydrogens is 271 g/mol. The SMILES string of the molecule is NC(=O)CN(Cc1cccc(N)c1)Cc1cncc(F)c1. The third-order valence-corrected chi connectivity index (χ3v) is 2.90. The minimum Gasteiger partial charge on any atom is -0.399 e. The van der Waals surface area contributed by atoms with Crippen LogP contribution in [0.15, 0.2) is 42.7 Å². The van der Waals surface area contributed by atoms with E-state index >= 15 is 0 Å². The van der Waals surface area contributed by atoms with Crippen molar-refractivity contribution in [3.8, 4) is 0 Å². The minimum atomic E-state index is -0.441. The topological polar surface area (TPSA) is 85.2 Å². The largest absolute Gasteiger partial charge is 0.399 e. The van der Waals surface area contributed by atoms with Crippen LogP contribution in [0.25, 0.3) is 0 Å². The van der Waals surface area contributed by atoms with Gasteiger partial charge in [-0.25, -0.2) is 4.39 Å². The van der Waals surface area contributed by atoms with Crippen LogP contribution in [0.1, 0.15) is 11.1 Å². The highest BCUT2D eigenvalue weighted by Gasteiger charge is 2.11. The molecule has 0 bridgehead atoms. The summed E-state index contributed by atoms with van der Waals surface area (Å²) >= 11 is 0. The number of nitrogens with two attached hydrogens (primary N) is 2. The van der Waals surface area contributed by atoms with E-state index in [-0.39, 0.29) is 6.54 Å². The zero-order valence-electron chi connectivity index (χ0n) is 11.5. The summed E-state index contributed by atoms with van der Waals surface area (Å²) in [6.45, 7) is 0.943. The van der Waals surface area contributed by atoms with Gasteiger partial charge >= 0.3 is 0 Å². The second-order valence-corrected chi connectivity index (χ2v) is 4.87. The van der Waals surface area contributed by atoms with E-state index in [1.165, 1.54) is 6.07 Å². The van der Waals surface area contributed by atoms with Gasteiger partial charge in [-0.2, -0.15) is 0 Å². The lowest BCUT2D eigenvalue weighted by Gasteiger charge is -2.21. The molecule has 2 rings (SSSR count). The maximum Gasteiger partial charge on any atom is 0.231 e. The Labute approximate surface area is 122 Å². The third-order valence-electron chi connectivity index (χ3n) is 2.90. The van der Waals surface area contributed by atoms with E-state index in [1.54, 1.807) is 12.3 Å². The minimum absolute atomic E-state index is 0.0747. The Balaban J connectivity index is 2.12. The fourth-order valence-electron chi connectivity index (χ4n) is 2.14. The molecule has 0 saturated heterocycles. The van der Waals surface area contributed by atoms with Gasteiger partial charge in [-0.05, 0) is 29.3 Å². The Kier molecular flexibility index (Phi) is 4.84. The van der Waals surface area contributed by atoms with E-state index in [1.807, 2.05) is 23.1 Å². The van der Waals surface area contributed by atoms with Gasteiger partial charge in [0.25, 0.3) is 0 Å². The van der Waals surface area contributed by atoms with E-state index in [4.69, 9.17) is 11.5 Å². The maximum absolute atomic E-state index is 13.2. The molecule has 1 amide bonds. The number of aromatic nitrogens is 1. The Morgan fingerprint density at radius 1 is 1.19 bits per heavy atom. The first kappa shape index (κ1) is 14.9. The number of halogens is 1. The molecular formula is C15H17FN4O. The van der Waals surface area contributed by atoms with Crippen molar-refractivity contribution in [2.75, 3.05) is 12.3 Å². The summed E-state index contributed by atoms with van der Waals surface area (Å²) in [4.78, 5) is 16.8. The van der Waals surface area contributed by atoms with Crippen LogP contribution >= 0.6 is 0 Å². The van der Waals surface area contributed by atoms with Gasteiger partial charge in [-0.15, -0.1) is 0 Å². The number of rotatable bonds is 6. The molecule has 21 heavy (non-hydrogen) atoms. The van der Waals surface area contributed by atoms with Gasteiger partial charge in [0.1, 0.15) is 5.82 Å². The summed E-state index contributed by atoms with van der Waals surface area (Å²) in [5, 5.41) is 0. The normalized spacial score (nSPS) is 10.8. The van der Waals surface area contributed by atoms with Crippen LogP contribution in [0.5, 0.6) is 0 Å². The van der Waals surface area contributed by atoms with Crippen molar-refractivity contribution in [1.82, 2.24) is 9.88 Å². The van der Waals surface area contributed by atoms with Crippen LogP contribution in [0.2, 0.25) is 0 Å². The Hall–Kier alpha value is -2.47. The molecule has 0 saturated carbocycles. The number of nitrogens with zero attached hydrogens (tertiary/aromatic N) is 2. The Bertz CT molecular complexity index is 585. The Morgan fingerprint density at radius 2 is 1.95 bits per heavy atom. The molecule has 0 aliphatic carbocycles. The fraction of sp³-hybridized carbons (Fsp3) is 0.200. The van der Waals surface area contributed by atoms with Gasteiger partial charge in [-0.1, -0.05) is 12.1 Å². The highest BCUT2D eigenvalue weighted by atomic mass is 19.1. The number of hydrogen-bond acceptors (Lipinski definition) is 4. The van der Waals surface area contributed by atoms with Gasteiger partial charge in [0.05, 0.1) is 12.7 Å². The second-order valence-electron chi connectivity index (χ2n) is 4.87. The molecule has 0 aliphatic heterocycles. The maximum atomic E-state index is 13.2. The zero-order chi connectivity index (χ0) is 15.2. The second kappa shape index (κ2) is 6.81. The summed E-state index contributed by atoms with van der Waals surface area (Å²) in [7, 11) is 0. The Morgan fingerprint density at radius 3 is 2.62 bits per heavy atom. The first-order chi connectivity index (χ1) is 10.0. The molecule has 4 N–H and O–H groups in total. The van der Waals surface area contributed by atoms with Crippen molar-refractivity contribution in [3.63, 3.8) is 0 Å². The highest BCUT2D eigenvalue weighted by Crippen LogP contribution is 2.12. The molecule has 0 spiro atoms. The molecule has 1 heterocycles. The van der Waals surface area contributed by atoms with Crippen molar-refractivity contribution >= 4 is 11.6 Å². The van der Waals surface area contributed by atoms with Crippen molar-refractivity contribution in [2.24, 2.45) is 5.73 Å². The lowest BCUT2D eigenvalue weighted by atomic mass is 10.1. The number of nitrogen functional groups attached to an aromatic ring is 1. The van der Waals surface area contributed by atoms with Gasteiger partial charge in [0.2, 0.25) is 5.91 Å². The third kappa shape index (κ3) is 4.85. The molecule has 2 aromatic rings. The van der Waals surface area contributed by atoms with E-state index < -0.39 is 11.7 Å². The number of carbonyl (C=O) groups excluding carboxylic acids is 1. The summed E-state index contributed by atoms with van der Waals surface area (Å²) in [6, 6.07) is 8.77. The monoisotopic (exact) mass is 288 g/mol. The quantitative estimate of drug-likeness (QED) is 0.784. The fourth-order valence-corrected chi connectivity index (χ4v) is 2.14. The zero-order valence-corrected chi connectivity index (χ0v) is 11.5. The molecule has 5 nitrogen and oxygen atoms in total. The van der Waals surface area contributed by atoms with Crippen LogP contribution in [0.3, 0.4) is 0 Å². The van der Waals surface area contributed by atoms with Gasteiger partial charge in [0, 0.05) is 25.0 Å². The first-order valence-electron chi connectivity index (χ1n) is 6.47. The average molecular weight is 288 g/mol. The molecule has 6 heteroatoms. The number of primary amides is 1. The van der Waals surface area contributed by atoms with Crippen molar-refractivity contribution in [1.29, 1.82) is 0 Å². The van der Waals surface area contributed by atoms with Crippen molar-refractivity contribution < 1.29 is 9.18 Å². The molecule has 0 atom stereocenters. The van der Waals surface area contributed by atoms with Crippen LogP contribution in [-0.2, 0) is 17.9 Å². The number of benzene rings is 1. The van der Waals surface area contributed by atoms with Gasteiger partial charge in [-0.3, -0.25) is 14.7 Å². The van der Waals surface area contributed by atoms with Crippen LogP contribution in [0, 0.1) is 5.82 Å². The molecule has 0 radical (unpaired) electrons. The predicted molar refractivity (Wildman–Crippen MR) is 78.4 cm³/mol. The molecule has 1 aromatic heterocycles. The number of anilines is 1. The number of hydrogen-bond donors (Lipinski definition) is 2. The van der Waals surface area contributed by atoms with Crippen LogP contribution in [-0.4, -0.2) is 22.3 Å². The highest BCUT2D eigenvalue weighted by molar-refractivity contribution is 5.75. The summed E-state index contributed by atoms with van der Waals surface area (Å²) < 4.78 is 13.2. The smallest absolute Gasteiger partial charge is 0.231 e. The number of carbonyl (C=O) groups is 1. The van der Waals surface area contributed by atoms with Gasteiger partial charge in [0.15, 0.2) is 0 Å². The van der Waals surface area contributed by atoms with Gasteiger partial charge < -0.3 is 11.5 Å². The van der Waals surface area contributed by atoms with E-state index in [0.29, 0.717) is 24.3 Å². The lowest BCUT2D eigenvalue weighted by molar-refractivity contribution is -0.119. The first-order valence-corrected chi connectivity index (χ1v) is 6.47. The van der Waals surface area contributed by atoms with Crippen LogP contribution < -0.4 is 11.5 Å². The van der Waals surface area contributed by atoms with Crippen molar-refractivity contribution in [2.45, 2.75) is 13.1 Å². The standard InChI is InChI=1S/C15H17FN4O/c16-13-4-12(6-19-7-13)9-20(10-15(18)21)8-11-2-1-3-14(17)5-11/h1-7H,8-10,17H2,(H2,18,21). The summed E-state index contributed by atoms with van der Waals surface area (Å²) in [6.07, 6.45) is 2.70. The van der Waals surface area contributed by atoms with E-state index in [9.17, 15) is 9.18 Å². The average Bonchev–Trinajstić information content (AvgIpc) is 2.37. The predicted octanol–water partition coefficient (Wildman–Crippen LogP) is 1.29. The lowest BCUT2D eigenvalue weighted by Crippen LogP contribution is -2.33. The number of pyridine rings is 1. The van der Waals surface area contributed by atoms with E-state index in [0.717, 1.165) is 11.8 Å². The summed E-state index contributed by atoms with van der Waals surface area (Å²) in [5.74, 6) is -0.848. The summed E-state index contributed by atoms with van der Waals surface area (Å²) in [5.41, 5.74) is 13.3. The molecule has 0 unspecified atom stereocenters. The van der Waals surface area contributed by atoms with E-state index in [2.05, 4.69) is 4.98 Å². The molecule has 110 valence electrons. The molecule has 0 fully saturated rings. The molecule has 1 aromatic carbocycles. The van der Waals surface area contributed by atoms with Crippen LogP contribution in [0.4, 0.5) is 10.1 Å². The molecule has 0 aliphatic rings. The van der Waals surface area contributed by atoms with Crippen molar-refractivity contribution in [3.05, 3.63) is 59.7 Å². The number of amides is 1.